The lowest BCUT2D eigenvalue weighted by molar-refractivity contribution is -0.0499. The summed E-state index contributed by atoms with van der Waals surface area (Å²) in [6.07, 6.45) is 1.24. The number of aromatic nitrogens is 1. The fraction of sp³-hybridized carbons (Fsp3) is 0.333. The Balaban J connectivity index is 2.17. The summed E-state index contributed by atoms with van der Waals surface area (Å²) in [5.74, 6) is 0.319. The summed E-state index contributed by atoms with van der Waals surface area (Å²) in [6.45, 7) is 2.93. The molecule has 0 radical (unpaired) electrons. The predicted octanol–water partition coefficient (Wildman–Crippen LogP) is 3.55. The Morgan fingerprint density at radius 2 is 1.89 bits per heavy atom. The van der Waals surface area contributed by atoms with Crippen molar-refractivity contribution >= 4 is 21.6 Å². The molecule has 0 fully saturated rings. The summed E-state index contributed by atoms with van der Waals surface area (Å²) in [5, 5.41) is 4.11. The van der Waals surface area contributed by atoms with E-state index in [4.69, 9.17) is 0 Å². The quantitative estimate of drug-likeness (QED) is 0.503. The van der Waals surface area contributed by atoms with Crippen molar-refractivity contribution in [1.29, 1.82) is 0 Å². The van der Waals surface area contributed by atoms with Crippen molar-refractivity contribution in [3.8, 4) is 5.75 Å². The molecule has 152 valence electrons. The SMILES string of the molecule is CCN(CC)S(=O)(=O)c1ccc(N/N=C(/C)c2ccccc2OC(F)F)nc1. The molecule has 0 aliphatic heterocycles. The fourth-order valence-electron chi connectivity index (χ4n) is 2.48. The lowest BCUT2D eigenvalue weighted by Gasteiger charge is -2.18. The molecule has 1 N–H and O–H groups in total. The summed E-state index contributed by atoms with van der Waals surface area (Å²) in [5.41, 5.74) is 3.48. The Labute approximate surface area is 163 Å². The van der Waals surface area contributed by atoms with E-state index in [0.29, 0.717) is 30.2 Å². The van der Waals surface area contributed by atoms with Gasteiger partial charge in [0.25, 0.3) is 0 Å². The summed E-state index contributed by atoms with van der Waals surface area (Å²) in [6, 6.07) is 9.20. The zero-order valence-electron chi connectivity index (χ0n) is 15.8. The van der Waals surface area contributed by atoms with Crippen LogP contribution in [0.3, 0.4) is 0 Å². The number of hydrogen-bond donors (Lipinski definition) is 1. The maximum Gasteiger partial charge on any atom is 0.387 e. The van der Waals surface area contributed by atoms with Crippen molar-refractivity contribution in [3.63, 3.8) is 0 Å². The molecule has 0 unspecified atom stereocenters. The van der Waals surface area contributed by atoms with Crippen LogP contribution in [0.1, 0.15) is 26.3 Å². The average molecular weight is 412 g/mol. The zero-order chi connectivity index (χ0) is 20.7. The van der Waals surface area contributed by atoms with Gasteiger partial charge in [0, 0.05) is 24.8 Å². The highest BCUT2D eigenvalue weighted by molar-refractivity contribution is 7.89. The predicted molar refractivity (Wildman–Crippen MR) is 103 cm³/mol. The Morgan fingerprint density at radius 3 is 2.46 bits per heavy atom. The number of rotatable bonds is 9. The number of anilines is 1. The number of para-hydroxylation sites is 1. The van der Waals surface area contributed by atoms with Crippen LogP contribution in [-0.4, -0.2) is 43.1 Å². The molecule has 0 atom stereocenters. The van der Waals surface area contributed by atoms with Gasteiger partial charge < -0.3 is 4.74 Å². The van der Waals surface area contributed by atoms with Gasteiger partial charge in [-0.25, -0.2) is 13.4 Å². The van der Waals surface area contributed by atoms with Gasteiger partial charge in [-0.3, -0.25) is 5.43 Å². The molecular weight excluding hydrogens is 390 g/mol. The first-order valence-corrected chi connectivity index (χ1v) is 10.0. The maximum atomic E-state index is 12.5. The highest BCUT2D eigenvalue weighted by Gasteiger charge is 2.21. The van der Waals surface area contributed by atoms with Crippen LogP contribution in [0.25, 0.3) is 0 Å². The second kappa shape index (κ2) is 9.56. The summed E-state index contributed by atoms with van der Waals surface area (Å²) < 4.78 is 55.7. The zero-order valence-corrected chi connectivity index (χ0v) is 16.6. The van der Waals surface area contributed by atoms with E-state index in [-0.39, 0.29) is 10.6 Å². The molecule has 7 nitrogen and oxygen atoms in total. The molecule has 0 aliphatic carbocycles. The standard InChI is InChI=1S/C18H22F2N4O3S/c1-4-24(5-2)28(25,26)14-10-11-17(21-12-14)23-22-13(3)15-8-6-7-9-16(15)27-18(19)20/h6-12,18H,4-5H2,1-3H3,(H,21,23)/b22-13-. The van der Waals surface area contributed by atoms with Gasteiger partial charge in [-0.05, 0) is 31.2 Å². The number of nitrogens with zero attached hydrogens (tertiary/aromatic N) is 3. The van der Waals surface area contributed by atoms with E-state index in [9.17, 15) is 17.2 Å². The molecule has 2 aromatic rings. The summed E-state index contributed by atoms with van der Waals surface area (Å²) >= 11 is 0. The third kappa shape index (κ3) is 5.23. The van der Waals surface area contributed by atoms with Crippen LogP contribution in [0.2, 0.25) is 0 Å². The number of pyridine rings is 1. The van der Waals surface area contributed by atoms with Gasteiger partial charge in [-0.2, -0.15) is 18.2 Å². The van der Waals surface area contributed by atoms with Crippen molar-refractivity contribution in [1.82, 2.24) is 9.29 Å². The van der Waals surface area contributed by atoms with Crippen LogP contribution in [-0.2, 0) is 10.0 Å². The number of halogens is 2. The Hall–Kier alpha value is -2.59. The normalized spacial score (nSPS) is 12.5. The third-order valence-electron chi connectivity index (χ3n) is 3.91. The van der Waals surface area contributed by atoms with Crippen LogP contribution >= 0.6 is 0 Å². The van der Waals surface area contributed by atoms with Crippen molar-refractivity contribution in [2.45, 2.75) is 32.3 Å². The van der Waals surface area contributed by atoms with E-state index in [1.54, 1.807) is 39.0 Å². The molecule has 0 saturated carbocycles. The van der Waals surface area contributed by atoms with Crippen molar-refractivity contribution < 1.29 is 21.9 Å². The van der Waals surface area contributed by atoms with E-state index >= 15 is 0 Å². The number of alkyl halides is 2. The first-order valence-electron chi connectivity index (χ1n) is 8.60. The largest absolute Gasteiger partial charge is 0.434 e. The average Bonchev–Trinajstić information content (AvgIpc) is 2.67. The monoisotopic (exact) mass is 412 g/mol. The van der Waals surface area contributed by atoms with Crippen LogP contribution in [0, 0.1) is 0 Å². The van der Waals surface area contributed by atoms with Crippen molar-refractivity contribution in [2.24, 2.45) is 5.10 Å². The molecule has 0 aliphatic rings. The first kappa shape index (κ1) is 21.7. The Kier molecular flexibility index (Phi) is 7.41. The van der Waals surface area contributed by atoms with Crippen LogP contribution in [0.15, 0.2) is 52.6 Å². The van der Waals surface area contributed by atoms with Gasteiger partial charge in [0.05, 0.1) is 5.71 Å². The van der Waals surface area contributed by atoms with E-state index < -0.39 is 16.6 Å². The number of sulfonamides is 1. The van der Waals surface area contributed by atoms with Gasteiger partial charge in [-0.1, -0.05) is 26.0 Å². The molecule has 1 aromatic heterocycles. The second-order valence-electron chi connectivity index (χ2n) is 5.65. The van der Waals surface area contributed by atoms with Gasteiger partial charge >= 0.3 is 6.61 Å². The van der Waals surface area contributed by atoms with Gasteiger partial charge in [0.2, 0.25) is 10.0 Å². The number of hydrogen-bond acceptors (Lipinski definition) is 6. The second-order valence-corrected chi connectivity index (χ2v) is 7.59. The number of benzene rings is 1. The summed E-state index contributed by atoms with van der Waals surface area (Å²) in [7, 11) is -3.59. The molecule has 1 aromatic carbocycles. The van der Waals surface area contributed by atoms with Crippen molar-refractivity contribution in [2.75, 3.05) is 18.5 Å². The number of ether oxygens (including phenoxy) is 1. The van der Waals surface area contributed by atoms with E-state index in [2.05, 4.69) is 20.2 Å². The molecule has 1 heterocycles. The molecule has 0 saturated heterocycles. The first-order chi connectivity index (χ1) is 13.3. The molecular formula is C18H22F2N4O3S. The van der Waals surface area contributed by atoms with Gasteiger partial charge in [-0.15, -0.1) is 0 Å². The molecule has 28 heavy (non-hydrogen) atoms. The lowest BCUT2D eigenvalue weighted by atomic mass is 10.1. The highest BCUT2D eigenvalue weighted by atomic mass is 32.2. The highest BCUT2D eigenvalue weighted by Crippen LogP contribution is 2.21. The third-order valence-corrected chi connectivity index (χ3v) is 5.94. The minimum absolute atomic E-state index is 0.00849. The molecule has 0 amide bonds. The van der Waals surface area contributed by atoms with Crippen LogP contribution < -0.4 is 10.2 Å². The maximum absolute atomic E-state index is 12.5. The number of hydrazone groups is 1. The van der Waals surface area contributed by atoms with E-state index in [1.165, 1.54) is 28.7 Å². The van der Waals surface area contributed by atoms with Crippen LogP contribution in [0.5, 0.6) is 5.75 Å². The summed E-state index contributed by atoms with van der Waals surface area (Å²) in [4.78, 5) is 4.14. The Bertz CT molecular complexity index is 915. The van der Waals surface area contributed by atoms with Gasteiger partial charge in [0.1, 0.15) is 16.5 Å². The van der Waals surface area contributed by atoms with Crippen LogP contribution in [0.4, 0.5) is 14.6 Å². The number of nitrogens with one attached hydrogen (secondary N) is 1. The molecule has 0 bridgehead atoms. The fourth-order valence-corrected chi connectivity index (χ4v) is 3.88. The minimum atomic E-state index is -3.59. The van der Waals surface area contributed by atoms with Crippen molar-refractivity contribution in [3.05, 3.63) is 48.2 Å². The van der Waals surface area contributed by atoms with E-state index in [0.717, 1.165) is 0 Å². The van der Waals surface area contributed by atoms with Gasteiger partial charge in [0.15, 0.2) is 0 Å². The smallest absolute Gasteiger partial charge is 0.387 e. The van der Waals surface area contributed by atoms with E-state index in [1.807, 2.05) is 0 Å². The minimum Gasteiger partial charge on any atom is -0.434 e. The lowest BCUT2D eigenvalue weighted by Crippen LogP contribution is -2.30. The molecule has 2 rings (SSSR count). The Morgan fingerprint density at radius 1 is 1.21 bits per heavy atom. The molecule has 0 spiro atoms. The molecule has 10 heteroatoms. The topological polar surface area (TPSA) is 83.9 Å².